The number of fused-ring (bicyclic) bond motifs is 2. The van der Waals surface area contributed by atoms with E-state index >= 15 is 0 Å². The van der Waals surface area contributed by atoms with E-state index in [1.54, 1.807) is 0 Å². The standard InChI is InChI=1S/C14H17F2NO2S/c15-14(16)12-7-17(6-11-4-2-1-3-5-11)8-13(14)10-20(18,19)9-12/h1-5,12-13H,6-10H2/t12-,13-/m0/s1. The van der Waals surface area contributed by atoms with E-state index in [0.29, 0.717) is 6.54 Å². The molecule has 0 spiro atoms. The number of alkyl halides is 2. The van der Waals surface area contributed by atoms with Crippen LogP contribution in [0.1, 0.15) is 5.56 Å². The summed E-state index contributed by atoms with van der Waals surface area (Å²) in [5.41, 5.74) is 1.07. The SMILES string of the molecule is O=S1(=O)C[C@@H]2CN(Cc3ccccc3)C[C@@H](C1)C2(F)F. The van der Waals surface area contributed by atoms with E-state index in [4.69, 9.17) is 0 Å². The highest BCUT2D eigenvalue weighted by Gasteiger charge is 2.57. The van der Waals surface area contributed by atoms with Gasteiger partial charge in [0.05, 0.1) is 11.5 Å². The number of hydrogen-bond acceptors (Lipinski definition) is 3. The number of rotatable bonds is 2. The molecular formula is C14H17F2NO2S. The van der Waals surface area contributed by atoms with Crippen LogP contribution in [0.2, 0.25) is 0 Å². The highest BCUT2D eigenvalue weighted by atomic mass is 32.2. The van der Waals surface area contributed by atoms with Crippen molar-refractivity contribution in [3.8, 4) is 0 Å². The fourth-order valence-electron chi connectivity index (χ4n) is 3.25. The smallest absolute Gasteiger partial charge is 0.258 e. The lowest BCUT2D eigenvalue weighted by Gasteiger charge is -2.46. The maximum absolute atomic E-state index is 14.1. The van der Waals surface area contributed by atoms with Gasteiger partial charge in [0.2, 0.25) is 0 Å². The van der Waals surface area contributed by atoms with Gasteiger partial charge in [-0.3, -0.25) is 4.90 Å². The topological polar surface area (TPSA) is 37.4 Å². The lowest BCUT2D eigenvalue weighted by atomic mass is 9.86. The second-order valence-corrected chi connectivity index (χ2v) is 7.98. The molecule has 3 rings (SSSR count). The van der Waals surface area contributed by atoms with Crippen LogP contribution in [0, 0.1) is 11.8 Å². The molecule has 110 valence electrons. The third-order valence-corrected chi connectivity index (χ3v) is 6.03. The second-order valence-electron chi connectivity index (χ2n) is 5.82. The van der Waals surface area contributed by atoms with E-state index in [2.05, 4.69) is 0 Å². The first-order valence-electron chi connectivity index (χ1n) is 6.71. The first kappa shape index (κ1) is 13.9. The summed E-state index contributed by atoms with van der Waals surface area (Å²) >= 11 is 0. The molecule has 2 bridgehead atoms. The summed E-state index contributed by atoms with van der Waals surface area (Å²) in [6.45, 7) is 0.902. The van der Waals surface area contributed by atoms with Crippen LogP contribution in [-0.2, 0) is 16.4 Å². The summed E-state index contributed by atoms with van der Waals surface area (Å²) in [4.78, 5) is 1.96. The van der Waals surface area contributed by atoms with Crippen LogP contribution < -0.4 is 0 Å². The van der Waals surface area contributed by atoms with Gasteiger partial charge in [0.15, 0.2) is 9.84 Å². The van der Waals surface area contributed by atoms with Gasteiger partial charge in [0, 0.05) is 31.5 Å². The quantitative estimate of drug-likeness (QED) is 0.836. The molecule has 0 saturated carbocycles. The van der Waals surface area contributed by atoms with Crippen LogP contribution in [-0.4, -0.2) is 43.8 Å². The number of sulfone groups is 1. The summed E-state index contributed by atoms with van der Waals surface area (Å²) in [5.74, 6) is -5.75. The van der Waals surface area contributed by atoms with E-state index in [9.17, 15) is 17.2 Å². The molecule has 1 aromatic rings. The molecular weight excluding hydrogens is 284 g/mol. The number of nitrogens with zero attached hydrogens (tertiary/aromatic N) is 1. The van der Waals surface area contributed by atoms with Gasteiger partial charge in [-0.15, -0.1) is 0 Å². The summed E-state index contributed by atoms with van der Waals surface area (Å²) < 4.78 is 51.5. The van der Waals surface area contributed by atoms with Crippen LogP contribution in [0.3, 0.4) is 0 Å². The number of likely N-dealkylation sites (tertiary alicyclic amines) is 1. The average molecular weight is 301 g/mol. The summed E-state index contributed by atoms with van der Waals surface area (Å²) in [6.07, 6.45) is 0. The molecule has 2 saturated heterocycles. The van der Waals surface area contributed by atoms with Crippen molar-refractivity contribution in [2.45, 2.75) is 12.5 Å². The van der Waals surface area contributed by atoms with Gasteiger partial charge in [-0.2, -0.15) is 0 Å². The third-order valence-electron chi connectivity index (χ3n) is 4.21. The Hall–Kier alpha value is -1.01. The number of hydrogen-bond donors (Lipinski definition) is 0. The van der Waals surface area contributed by atoms with Crippen molar-refractivity contribution in [3.05, 3.63) is 35.9 Å². The Balaban J connectivity index is 1.77. The summed E-state index contributed by atoms with van der Waals surface area (Å²) in [5, 5.41) is 0. The molecule has 3 nitrogen and oxygen atoms in total. The largest absolute Gasteiger partial charge is 0.298 e. The maximum atomic E-state index is 14.1. The molecule has 2 aliphatic rings. The van der Waals surface area contributed by atoms with Crippen molar-refractivity contribution in [2.75, 3.05) is 24.6 Å². The molecule has 2 heterocycles. The second kappa shape index (κ2) is 4.77. The van der Waals surface area contributed by atoms with Crippen LogP contribution >= 0.6 is 0 Å². The first-order valence-corrected chi connectivity index (χ1v) is 8.53. The summed E-state index contributed by atoms with van der Waals surface area (Å²) in [7, 11) is -3.32. The molecule has 0 aromatic heterocycles. The number of benzene rings is 1. The molecule has 20 heavy (non-hydrogen) atoms. The lowest BCUT2D eigenvalue weighted by molar-refractivity contribution is -0.142. The van der Waals surface area contributed by atoms with Crippen LogP contribution in [0.25, 0.3) is 0 Å². The Labute approximate surface area is 117 Å². The van der Waals surface area contributed by atoms with Crippen molar-refractivity contribution >= 4 is 9.84 Å². The van der Waals surface area contributed by atoms with Crippen molar-refractivity contribution in [1.29, 1.82) is 0 Å². The van der Waals surface area contributed by atoms with Gasteiger partial charge in [-0.25, -0.2) is 17.2 Å². The zero-order valence-corrected chi connectivity index (χ0v) is 11.8. The minimum Gasteiger partial charge on any atom is -0.298 e. The van der Waals surface area contributed by atoms with Gasteiger partial charge in [0.1, 0.15) is 0 Å². The Kier molecular flexibility index (Phi) is 3.33. The van der Waals surface area contributed by atoms with Crippen molar-refractivity contribution < 1.29 is 17.2 Å². The highest BCUT2D eigenvalue weighted by Crippen LogP contribution is 2.43. The van der Waals surface area contributed by atoms with Gasteiger partial charge in [-0.05, 0) is 5.56 Å². The molecule has 2 fully saturated rings. The maximum Gasteiger partial charge on any atom is 0.258 e. The molecule has 2 atom stereocenters. The van der Waals surface area contributed by atoms with E-state index in [1.807, 2.05) is 35.2 Å². The van der Waals surface area contributed by atoms with Crippen molar-refractivity contribution in [1.82, 2.24) is 4.90 Å². The van der Waals surface area contributed by atoms with Crippen LogP contribution in [0.15, 0.2) is 30.3 Å². The molecule has 2 aliphatic heterocycles. The Morgan fingerprint density at radius 3 is 2.20 bits per heavy atom. The fourth-order valence-corrected chi connectivity index (χ4v) is 5.27. The van der Waals surface area contributed by atoms with Crippen molar-refractivity contribution in [2.24, 2.45) is 11.8 Å². The molecule has 1 aromatic carbocycles. The van der Waals surface area contributed by atoms with E-state index < -0.39 is 27.6 Å². The predicted octanol–water partition coefficient (Wildman–Crippen LogP) is 1.80. The Morgan fingerprint density at radius 1 is 1.10 bits per heavy atom. The zero-order chi connectivity index (χ0) is 14.4. The Morgan fingerprint density at radius 2 is 1.65 bits per heavy atom. The average Bonchev–Trinajstić information content (AvgIpc) is 2.34. The normalized spacial score (nSPS) is 31.9. The number of halogens is 2. The minimum absolute atomic E-state index is 0.150. The lowest BCUT2D eigenvalue weighted by Crippen LogP contribution is -2.60. The van der Waals surface area contributed by atoms with E-state index in [0.717, 1.165) is 5.56 Å². The first-order chi connectivity index (χ1) is 9.37. The fraction of sp³-hybridized carbons (Fsp3) is 0.571. The Bertz CT molecular complexity index is 564. The van der Waals surface area contributed by atoms with Gasteiger partial charge < -0.3 is 0 Å². The molecule has 0 unspecified atom stereocenters. The number of piperidine rings is 1. The van der Waals surface area contributed by atoms with E-state index in [-0.39, 0.29) is 24.6 Å². The molecule has 0 N–H and O–H groups in total. The third kappa shape index (κ3) is 2.59. The molecule has 6 heteroatoms. The van der Waals surface area contributed by atoms with E-state index in [1.165, 1.54) is 0 Å². The molecule has 0 radical (unpaired) electrons. The van der Waals surface area contributed by atoms with Gasteiger partial charge in [-0.1, -0.05) is 30.3 Å². The van der Waals surface area contributed by atoms with Crippen LogP contribution in [0.5, 0.6) is 0 Å². The minimum atomic E-state index is -3.32. The van der Waals surface area contributed by atoms with Gasteiger partial charge >= 0.3 is 0 Å². The monoisotopic (exact) mass is 301 g/mol. The van der Waals surface area contributed by atoms with Crippen LogP contribution in [0.4, 0.5) is 8.78 Å². The highest BCUT2D eigenvalue weighted by molar-refractivity contribution is 7.91. The van der Waals surface area contributed by atoms with Gasteiger partial charge in [0.25, 0.3) is 5.92 Å². The molecule has 0 aliphatic carbocycles. The van der Waals surface area contributed by atoms with Crippen molar-refractivity contribution in [3.63, 3.8) is 0 Å². The predicted molar refractivity (Wildman–Crippen MR) is 72.3 cm³/mol. The summed E-state index contributed by atoms with van der Waals surface area (Å²) in [6, 6.07) is 9.66. The zero-order valence-electron chi connectivity index (χ0n) is 11.0. The molecule has 0 amide bonds.